The molecule has 0 saturated carbocycles. The van der Waals surface area contributed by atoms with Crippen LogP contribution >= 0.6 is 0 Å². The number of ether oxygens (including phenoxy) is 4. The van der Waals surface area contributed by atoms with Crippen molar-refractivity contribution in [3.63, 3.8) is 0 Å². The first-order valence-electron chi connectivity index (χ1n) is 34.8. The van der Waals surface area contributed by atoms with E-state index >= 15 is 0 Å². The number of hydrogen-bond acceptors (Lipinski definition) is 13. The molecule has 14 heteroatoms. The summed E-state index contributed by atoms with van der Waals surface area (Å²) in [6, 6.07) is -0.914. The molecule has 0 bridgehead atoms. The lowest BCUT2D eigenvalue weighted by atomic mass is 9.97. The van der Waals surface area contributed by atoms with Crippen molar-refractivity contribution < 1.29 is 64.6 Å². The van der Waals surface area contributed by atoms with Gasteiger partial charge in [0.05, 0.1) is 32.0 Å². The first-order chi connectivity index (χ1) is 42.1. The Bertz CT molecular complexity index is 1770. The van der Waals surface area contributed by atoms with Gasteiger partial charge in [0, 0.05) is 6.42 Å². The van der Waals surface area contributed by atoms with Gasteiger partial charge in [-0.1, -0.05) is 279 Å². The van der Waals surface area contributed by atoms with Crippen LogP contribution in [0.1, 0.15) is 271 Å². The molecule has 2 rings (SSSR count). The van der Waals surface area contributed by atoms with Crippen LogP contribution in [0.15, 0.2) is 85.1 Å². The third-order valence-corrected chi connectivity index (χ3v) is 16.6. The Labute approximate surface area is 522 Å². The third kappa shape index (κ3) is 40.0. The molecule has 2 aliphatic rings. The Morgan fingerprint density at radius 3 is 1.23 bits per heavy atom. The van der Waals surface area contributed by atoms with Gasteiger partial charge < -0.3 is 65.1 Å². The average molecular weight is 1210 g/mol. The zero-order valence-corrected chi connectivity index (χ0v) is 54.0. The fourth-order valence-corrected chi connectivity index (χ4v) is 11.1. The van der Waals surface area contributed by atoms with E-state index in [2.05, 4.69) is 92.1 Å². The molecule has 0 aliphatic carbocycles. The third-order valence-electron chi connectivity index (χ3n) is 16.6. The molecule has 0 aromatic rings. The molecule has 2 saturated heterocycles. The number of rotatable bonds is 56. The molecule has 1 amide bonds. The molecule has 0 spiro atoms. The molecule has 9 N–H and O–H groups in total. The van der Waals surface area contributed by atoms with Crippen LogP contribution in [0.2, 0.25) is 0 Å². The second kappa shape index (κ2) is 56.2. The quantitative estimate of drug-likeness (QED) is 0.0204. The second-order valence-electron chi connectivity index (χ2n) is 24.3. The van der Waals surface area contributed by atoms with Crippen molar-refractivity contribution >= 4 is 5.91 Å². The molecule has 0 aromatic heterocycles. The van der Waals surface area contributed by atoms with Crippen LogP contribution < -0.4 is 5.32 Å². The van der Waals surface area contributed by atoms with E-state index in [0.717, 1.165) is 77.0 Å². The number of amides is 1. The summed E-state index contributed by atoms with van der Waals surface area (Å²) in [7, 11) is 0. The van der Waals surface area contributed by atoms with Gasteiger partial charge in [0.1, 0.15) is 48.8 Å². The van der Waals surface area contributed by atoms with Gasteiger partial charge in [-0.15, -0.1) is 0 Å². The minimum atomic E-state index is -1.79. The fraction of sp³-hybridized carbons (Fsp3) is 0.792. The number of allylic oxidation sites excluding steroid dienone is 13. The highest BCUT2D eigenvalue weighted by Crippen LogP contribution is 2.30. The van der Waals surface area contributed by atoms with Gasteiger partial charge in [-0.2, -0.15) is 0 Å². The summed E-state index contributed by atoms with van der Waals surface area (Å²) in [5, 5.41) is 87.1. The molecule has 2 fully saturated rings. The van der Waals surface area contributed by atoms with Crippen molar-refractivity contribution in [3.8, 4) is 0 Å². The number of aliphatic hydroxyl groups is 8. The maximum absolute atomic E-state index is 13.3. The minimum absolute atomic E-state index is 0.239. The summed E-state index contributed by atoms with van der Waals surface area (Å²) in [5.74, 6) is -0.239. The summed E-state index contributed by atoms with van der Waals surface area (Å²) >= 11 is 0. The number of carbonyl (C=O) groups is 1. The van der Waals surface area contributed by atoms with Gasteiger partial charge in [0.25, 0.3) is 0 Å². The van der Waals surface area contributed by atoms with Crippen molar-refractivity contribution in [1.82, 2.24) is 5.32 Å². The van der Waals surface area contributed by atoms with Crippen molar-refractivity contribution in [2.75, 3.05) is 19.8 Å². The van der Waals surface area contributed by atoms with Gasteiger partial charge in [0.2, 0.25) is 5.91 Å². The van der Waals surface area contributed by atoms with Crippen LogP contribution in [-0.4, -0.2) is 140 Å². The molecule has 498 valence electrons. The smallest absolute Gasteiger partial charge is 0.220 e. The molecule has 86 heavy (non-hydrogen) atoms. The van der Waals surface area contributed by atoms with Crippen LogP contribution in [0.5, 0.6) is 0 Å². The molecule has 12 unspecified atom stereocenters. The lowest BCUT2D eigenvalue weighted by molar-refractivity contribution is -0.359. The Morgan fingerprint density at radius 2 is 0.802 bits per heavy atom. The maximum Gasteiger partial charge on any atom is 0.220 e. The van der Waals surface area contributed by atoms with E-state index in [1.165, 1.54) is 167 Å². The summed E-state index contributed by atoms with van der Waals surface area (Å²) < 4.78 is 22.8. The Morgan fingerprint density at radius 1 is 0.430 bits per heavy atom. The Balaban J connectivity index is 1.53. The lowest BCUT2D eigenvalue weighted by Gasteiger charge is -2.46. The molecule has 0 radical (unpaired) electrons. The Kier molecular flexibility index (Phi) is 51.8. The molecule has 2 aliphatic heterocycles. The highest BCUT2D eigenvalue weighted by molar-refractivity contribution is 5.76. The molecule has 12 atom stereocenters. The number of hydrogen-bond donors (Lipinski definition) is 9. The second-order valence-corrected chi connectivity index (χ2v) is 24.3. The lowest BCUT2D eigenvalue weighted by Crippen LogP contribution is -2.65. The monoisotopic (exact) mass is 1210 g/mol. The maximum atomic E-state index is 13.3. The van der Waals surface area contributed by atoms with Crippen LogP contribution in [-0.2, 0) is 23.7 Å². The van der Waals surface area contributed by atoms with Crippen molar-refractivity contribution in [2.24, 2.45) is 0 Å². The van der Waals surface area contributed by atoms with Crippen molar-refractivity contribution in [1.29, 1.82) is 0 Å². The van der Waals surface area contributed by atoms with E-state index < -0.39 is 86.8 Å². The van der Waals surface area contributed by atoms with Crippen molar-refractivity contribution in [3.05, 3.63) is 85.1 Å². The van der Waals surface area contributed by atoms with Gasteiger partial charge >= 0.3 is 0 Å². The normalized spacial score (nSPS) is 23.9. The molecular weight excluding hydrogens is 1090 g/mol. The average Bonchev–Trinajstić information content (AvgIpc) is 1.60. The topological polar surface area (TPSA) is 228 Å². The first kappa shape index (κ1) is 79.3. The summed E-state index contributed by atoms with van der Waals surface area (Å²) in [6.45, 7) is 2.67. The van der Waals surface area contributed by atoms with Gasteiger partial charge in [-0.3, -0.25) is 4.79 Å². The van der Waals surface area contributed by atoms with E-state index in [9.17, 15) is 45.6 Å². The summed E-state index contributed by atoms with van der Waals surface area (Å²) in [5.41, 5.74) is 0. The van der Waals surface area contributed by atoms with E-state index in [-0.39, 0.29) is 18.9 Å². The largest absolute Gasteiger partial charge is 0.394 e. The minimum Gasteiger partial charge on any atom is -0.394 e. The van der Waals surface area contributed by atoms with Crippen LogP contribution in [0.25, 0.3) is 0 Å². The number of nitrogens with one attached hydrogen (secondary N) is 1. The van der Waals surface area contributed by atoms with Crippen LogP contribution in [0.4, 0.5) is 0 Å². The number of carbonyl (C=O) groups excluding carboxylic acids is 1. The zero-order valence-electron chi connectivity index (χ0n) is 54.0. The number of aliphatic hydroxyl groups excluding tert-OH is 8. The molecule has 14 nitrogen and oxygen atoms in total. The van der Waals surface area contributed by atoms with E-state index in [4.69, 9.17) is 18.9 Å². The van der Waals surface area contributed by atoms with E-state index in [0.29, 0.717) is 6.42 Å². The van der Waals surface area contributed by atoms with Gasteiger partial charge in [-0.25, -0.2) is 0 Å². The van der Waals surface area contributed by atoms with E-state index in [1.807, 2.05) is 6.08 Å². The van der Waals surface area contributed by atoms with Crippen LogP contribution in [0, 0.1) is 0 Å². The van der Waals surface area contributed by atoms with E-state index in [1.54, 1.807) is 6.08 Å². The highest BCUT2D eigenvalue weighted by Gasteiger charge is 2.51. The predicted octanol–water partition coefficient (Wildman–Crippen LogP) is 14.0. The van der Waals surface area contributed by atoms with Crippen LogP contribution in [0.3, 0.4) is 0 Å². The Hall–Kier alpha value is -2.83. The standard InChI is InChI=1S/C72H127NO13/c1-3-5-7-9-11-13-15-16-17-18-19-20-21-22-23-24-25-26-27-28-29-30-31-32-33-34-35-36-37-38-39-40-41-42-43-44-46-48-50-52-54-56-64(77)73-60(61(76)55-53-51-49-47-45-14-12-10-8-6-4-2)59-83-71-69(82)67(80)70(63(58-75)85-71)86-72-68(81)66(79)65(78)62(57-74)84-72/h5,7,11,13,16-17,19-20,22-23,25-26,53,55,60-63,65-72,74-76,78-82H,3-4,6,8-10,12,14-15,18,21,24,27-52,54,56-59H2,1-2H3,(H,73,77)/b7-5-,13-11-,17-16-,20-19-,23-22-,26-25-,55-53+. The molecule has 0 aromatic carbocycles. The van der Waals surface area contributed by atoms with Gasteiger partial charge in [-0.05, 0) is 70.6 Å². The fourth-order valence-electron chi connectivity index (χ4n) is 11.1. The molecule has 2 heterocycles. The summed E-state index contributed by atoms with van der Waals surface area (Å²) in [6.07, 6.45) is 61.0. The predicted molar refractivity (Wildman–Crippen MR) is 350 cm³/mol. The highest BCUT2D eigenvalue weighted by atomic mass is 16.7. The van der Waals surface area contributed by atoms with Gasteiger partial charge in [0.15, 0.2) is 12.6 Å². The van der Waals surface area contributed by atoms with Crippen molar-refractivity contribution in [2.45, 2.75) is 344 Å². The zero-order chi connectivity index (χ0) is 62.3. The summed E-state index contributed by atoms with van der Waals surface area (Å²) in [4.78, 5) is 13.3. The number of unbranched alkanes of at least 4 members (excludes halogenated alkanes) is 31. The first-order valence-corrected chi connectivity index (χ1v) is 34.8. The molecular formula is C72H127NO13. The SMILES string of the molecule is CC/C=C\C/C=C\C/C=C\C/C=C\C/C=C\C/C=C\CCCCCCCCCCCCCCCCCCCCCCCCC(=O)NC(COC1OC(CO)C(OC2OC(CO)C(O)C(O)C2O)C(O)C1O)C(O)/C=C/CCCCCCCCCCC.